The molecule has 1 aliphatic rings. The maximum atomic E-state index is 5.95. The van der Waals surface area contributed by atoms with Crippen molar-refractivity contribution in [1.82, 2.24) is 9.88 Å². The molecule has 1 atom stereocenters. The molecular weight excluding hydrogens is 336 g/mol. The van der Waals surface area contributed by atoms with Crippen molar-refractivity contribution in [1.29, 1.82) is 0 Å². The highest BCUT2D eigenvalue weighted by atomic mass is 16.5. The number of aromatic nitrogens is 1. The van der Waals surface area contributed by atoms with Gasteiger partial charge in [-0.25, -0.2) is 0 Å². The summed E-state index contributed by atoms with van der Waals surface area (Å²) in [5.74, 6) is 1.51. The lowest BCUT2D eigenvalue weighted by molar-refractivity contribution is 0.163. The van der Waals surface area contributed by atoms with Crippen molar-refractivity contribution in [2.24, 2.45) is 0 Å². The molecule has 0 aliphatic carbocycles. The third-order valence-electron chi connectivity index (χ3n) is 4.62. The van der Waals surface area contributed by atoms with Crippen LogP contribution in [0.5, 0.6) is 5.75 Å². The first kappa shape index (κ1) is 17.2. The Morgan fingerprint density at radius 3 is 2.52 bits per heavy atom. The summed E-state index contributed by atoms with van der Waals surface area (Å²) >= 11 is 0. The van der Waals surface area contributed by atoms with Crippen LogP contribution in [0.25, 0.3) is 0 Å². The molecule has 0 amide bonds. The first-order valence-corrected chi connectivity index (χ1v) is 9.04. The van der Waals surface area contributed by atoms with Crippen LogP contribution >= 0.6 is 0 Å². The normalized spacial score (nSPS) is 16.2. The van der Waals surface area contributed by atoms with Gasteiger partial charge in [0, 0.05) is 12.7 Å². The van der Waals surface area contributed by atoms with Crippen molar-refractivity contribution < 1.29 is 9.47 Å². The lowest BCUT2D eigenvalue weighted by Crippen LogP contribution is -2.18. The summed E-state index contributed by atoms with van der Waals surface area (Å²) in [6.07, 6.45) is 3.50. The molecule has 4 heteroatoms. The first-order valence-electron chi connectivity index (χ1n) is 9.04. The van der Waals surface area contributed by atoms with E-state index >= 15 is 0 Å². The topological polar surface area (TPSA) is 34.6 Å². The minimum atomic E-state index is 0.0471. The van der Waals surface area contributed by atoms with Crippen molar-refractivity contribution in [2.75, 3.05) is 6.54 Å². The molecule has 1 fully saturated rings. The van der Waals surface area contributed by atoms with Crippen molar-refractivity contribution in [3.8, 4) is 5.75 Å². The SMILES string of the molecule is C=C1O[C@H](c2ccccc2)CN1Cc1ccc(COc2cccnc2)cc1. The van der Waals surface area contributed by atoms with E-state index < -0.39 is 0 Å². The van der Waals surface area contributed by atoms with Gasteiger partial charge in [-0.1, -0.05) is 54.6 Å². The van der Waals surface area contributed by atoms with Crippen molar-refractivity contribution >= 4 is 0 Å². The molecule has 0 N–H and O–H groups in total. The molecule has 3 aromatic rings. The Balaban J connectivity index is 1.34. The van der Waals surface area contributed by atoms with E-state index in [-0.39, 0.29) is 6.10 Å². The van der Waals surface area contributed by atoms with E-state index in [1.165, 1.54) is 11.1 Å². The fourth-order valence-electron chi connectivity index (χ4n) is 3.13. The van der Waals surface area contributed by atoms with Crippen LogP contribution in [0.4, 0.5) is 0 Å². The van der Waals surface area contributed by atoms with Gasteiger partial charge in [0.1, 0.15) is 18.5 Å². The molecule has 4 rings (SSSR count). The van der Waals surface area contributed by atoms with Gasteiger partial charge >= 0.3 is 0 Å². The molecule has 1 aromatic heterocycles. The second-order valence-electron chi connectivity index (χ2n) is 6.59. The molecule has 0 unspecified atom stereocenters. The highest BCUT2D eigenvalue weighted by molar-refractivity contribution is 5.25. The summed E-state index contributed by atoms with van der Waals surface area (Å²) in [5, 5.41) is 0. The zero-order chi connectivity index (χ0) is 18.5. The van der Waals surface area contributed by atoms with Gasteiger partial charge in [-0.3, -0.25) is 4.98 Å². The van der Waals surface area contributed by atoms with Crippen LogP contribution in [0.15, 0.2) is 91.6 Å². The lowest BCUT2D eigenvalue weighted by atomic mass is 10.1. The molecule has 0 radical (unpaired) electrons. The van der Waals surface area contributed by atoms with Gasteiger partial charge in [0.25, 0.3) is 0 Å². The summed E-state index contributed by atoms with van der Waals surface area (Å²) < 4.78 is 11.7. The van der Waals surface area contributed by atoms with E-state index in [2.05, 4.69) is 52.9 Å². The molecular formula is C23H22N2O2. The lowest BCUT2D eigenvalue weighted by Gasteiger charge is -2.16. The standard InChI is InChI=1S/C23H22N2O2/c1-18-25(16-23(27-18)21-6-3-2-4-7-21)15-19-9-11-20(12-10-19)17-26-22-8-5-13-24-14-22/h2-14,23H,1,15-17H2/t23-/m0/s1. The summed E-state index contributed by atoms with van der Waals surface area (Å²) in [7, 11) is 0. The van der Waals surface area contributed by atoms with E-state index in [1.807, 2.05) is 30.3 Å². The Kier molecular flexibility index (Phi) is 5.06. The van der Waals surface area contributed by atoms with Crippen LogP contribution in [0.1, 0.15) is 22.8 Å². The van der Waals surface area contributed by atoms with Crippen molar-refractivity contribution in [3.05, 3.63) is 108 Å². The third-order valence-corrected chi connectivity index (χ3v) is 4.62. The molecule has 0 bridgehead atoms. The molecule has 2 heterocycles. The van der Waals surface area contributed by atoms with Crippen LogP contribution in [0.3, 0.4) is 0 Å². The maximum absolute atomic E-state index is 5.95. The Labute approximate surface area is 159 Å². The van der Waals surface area contributed by atoms with E-state index in [1.54, 1.807) is 12.4 Å². The van der Waals surface area contributed by atoms with Crippen LogP contribution in [-0.2, 0) is 17.9 Å². The second kappa shape index (κ2) is 7.96. The second-order valence-corrected chi connectivity index (χ2v) is 6.59. The number of nitrogens with zero attached hydrogens (tertiary/aromatic N) is 2. The predicted octanol–water partition coefficient (Wildman–Crippen LogP) is 4.71. The molecule has 2 aromatic carbocycles. The fourth-order valence-corrected chi connectivity index (χ4v) is 3.13. The molecule has 1 saturated heterocycles. The van der Waals surface area contributed by atoms with Gasteiger partial charge in [0.05, 0.1) is 12.7 Å². The van der Waals surface area contributed by atoms with E-state index in [0.717, 1.165) is 30.3 Å². The zero-order valence-electron chi connectivity index (χ0n) is 15.1. The molecule has 0 saturated carbocycles. The summed E-state index contributed by atoms with van der Waals surface area (Å²) in [5.41, 5.74) is 3.53. The zero-order valence-corrected chi connectivity index (χ0v) is 15.1. The van der Waals surface area contributed by atoms with E-state index in [0.29, 0.717) is 6.61 Å². The predicted molar refractivity (Wildman–Crippen MR) is 105 cm³/mol. The van der Waals surface area contributed by atoms with Gasteiger partial charge < -0.3 is 14.4 Å². The largest absolute Gasteiger partial charge is 0.487 e. The molecule has 1 aliphatic heterocycles. The summed E-state index contributed by atoms with van der Waals surface area (Å²) in [6, 6.07) is 22.5. The van der Waals surface area contributed by atoms with Gasteiger partial charge in [-0.15, -0.1) is 0 Å². The average Bonchev–Trinajstić information content (AvgIpc) is 3.09. The minimum absolute atomic E-state index is 0.0471. The summed E-state index contributed by atoms with van der Waals surface area (Å²) in [4.78, 5) is 6.23. The number of hydrogen-bond donors (Lipinski definition) is 0. The quantitative estimate of drug-likeness (QED) is 0.639. The average molecular weight is 358 g/mol. The van der Waals surface area contributed by atoms with Gasteiger partial charge in [-0.05, 0) is 35.4 Å². The molecule has 27 heavy (non-hydrogen) atoms. The highest BCUT2D eigenvalue weighted by Crippen LogP contribution is 2.31. The molecule has 4 nitrogen and oxygen atoms in total. The van der Waals surface area contributed by atoms with Gasteiger partial charge in [0.15, 0.2) is 5.88 Å². The van der Waals surface area contributed by atoms with Crippen LogP contribution in [-0.4, -0.2) is 16.4 Å². The van der Waals surface area contributed by atoms with Crippen LogP contribution in [0.2, 0.25) is 0 Å². The van der Waals surface area contributed by atoms with Gasteiger partial charge in [0.2, 0.25) is 0 Å². The van der Waals surface area contributed by atoms with E-state index in [4.69, 9.17) is 9.47 Å². The maximum Gasteiger partial charge on any atom is 0.183 e. The number of pyridine rings is 1. The number of ether oxygens (including phenoxy) is 2. The Bertz CT molecular complexity index is 879. The Morgan fingerprint density at radius 1 is 1.00 bits per heavy atom. The Morgan fingerprint density at radius 2 is 1.78 bits per heavy atom. The molecule has 136 valence electrons. The molecule has 0 spiro atoms. The van der Waals surface area contributed by atoms with Crippen LogP contribution in [0, 0.1) is 0 Å². The van der Waals surface area contributed by atoms with Crippen molar-refractivity contribution in [2.45, 2.75) is 19.3 Å². The number of rotatable bonds is 6. The monoisotopic (exact) mass is 358 g/mol. The summed E-state index contributed by atoms with van der Waals surface area (Å²) in [6.45, 7) is 6.19. The first-order chi connectivity index (χ1) is 13.3. The van der Waals surface area contributed by atoms with Crippen molar-refractivity contribution in [3.63, 3.8) is 0 Å². The van der Waals surface area contributed by atoms with Gasteiger partial charge in [-0.2, -0.15) is 0 Å². The van der Waals surface area contributed by atoms with Crippen LogP contribution < -0.4 is 4.74 Å². The Hall–Kier alpha value is -3.27. The highest BCUT2D eigenvalue weighted by Gasteiger charge is 2.27. The number of benzene rings is 2. The van der Waals surface area contributed by atoms with E-state index in [9.17, 15) is 0 Å². The third kappa shape index (κ3) is 4.29. The minimum Gasteiger partial charge on any atom is -0.487 e. The smallest absolute Gasteiger partial charge is 0.183 e. The number of hydrogen-bond acceptors (Lipinski definition) is 4. The fraction of sp³-hybridized carbons (Fsp3) is 0.174.